The Hall–Kier alpha value is -2.14. The molecule has 2 N–H and O–H groups in total. The summed E-state index contributed by atoms with van der Waals surface area (Å²) in [4.78, 5) is 13.2. The monoisotopic (exact) mass is 462 g/mol. The van der Waals surface area contributed by atoms with Gasteiger partial charge >= 0.3 is 6.18 Å². The third-order valence-corrected chi connectivity index (χ3v) is 6.93. The summed E-state index contributed by atoms with van der Waals surface area (Å²) in [6.45, 7) is 1.31. The molecule has 0 aromatic heterocycles. The summed E-state index contributed by atoms with van der Waals surface area (Å²) in [5, 5.41) is 2.91. The number of rotatable bonds is 5. The van der Waals surface area contributed by atoms with Crippen molar-refractivity contribution in [1.82, 2.24) is 4.31 Å². The molecule has 2 aromatic carbocycles. The third-order valence-electron chi connectivity index (χ3n) is 4.77. The highest BCUT2D eigenvalue weighted by molar-refractivity contribution is 7.89. The number of nitrogens with zero attached hydrogens (tertiary/aromatic N) is 1. The SMILES string of the molecule is O=C(C[NH+]1CCN(S(=O)(=O)c2ccc(Cl)cc2)CC1)Nc1cccc(C(F)(F)F)c1. The number of amides is 1. The first kappa shape index (κ1) is 22.5. The minimum atomic E-state index is -4.49. The van der Waals surface area contributed by atoms with E-state index in [0.29, 0.717) is 18.1 Å². The number of hydrogen-bond donors (Lipinski definition) is 2. The molecule has 0 atom stereocenters. The second kappa shape index (κ2) is 8.93. The molecular formula is C19H20ClF3N3O3S+. The number of carbonyl (C=O) groups is 1. The molecule has 1 fully saturated rings. The van der Waals surface area contributed by atoms with Gasteiger partial charge in [0.25, 0.3) is 5.91 Å². The summed E-state index contributed by atoms with van der Waals surface area (Å²) < 4.78 is 65.0. The van der Waals surface area contributed by atoms with Gasteiger partial charge in [0.2, 0.25) is 10.0 Å². The second-order valence-corrected chi connectivity index (χ2v) is 9.29. The van der Waals surface area contributed by atoms with E-state index in [1.54, 1.807) is 0 Å². The smallest absolute Gasteiger partial charge is 0.325 e. The Morgan fingerprint density at radius 2 is 1.73 bits per heavy atom. The standard InChI is InChI=1S/C19H19ClF3N3O3S/c20-15-4-6-17(7-5-15)30(28,29)26-10-8-25(9-11-26)13-18(27)24-16-3-1-2-14(12-16)19(21,22)23/h1-7,12H,8-11,13H2,(H,24,27)/p+1. The van der Waals surface area contributed by atoms with Gasteiger partial charge in [-0.3, -0.25) is 4.79 Å². The number of benzene rings is 2. The maximum absolute atomic E-state index is 12.8. The van der Waals surface area contributed by atoms with Crippen molar-refractivity contribution in [3.63, 3.8) is 0 Å². The summed E-state index contributed by atoms with van der Waals surface area (Å²) in [5.41, 5.74) is -0.771. The van der Waals surface area contributed by atoms with E-state index in [1.165, 1.54) is 40.7 Å². The molecule has 1 heterocycles. The summed E-state index contributed by atoms with van der Waals surface area (Å²) in [6, 6.07) is 10.3. The lowest BCUT2D eigenvalue weighted by Gasteiger charge is -2.31. The molecule has 0 saturated carbocycles. The summed E-state index contributed by atoms with van der Waals surface area (Å²) in [5.74, 6) is -0.432. The van der Waals surface area contributed by atoms with Crippen molar-refractivity contribution in [2.24, 2.45) is 0 Å². The topological polar surface area (TPSA) is 70.9 Å². The Labute approximate surface area is 177 Å². The zero-order chi connectivity index (χ0) is 21.9. The fourth-order valence-corrected chi connectivity index (χ4v) is 4.75. The van der Waals surface area contributed by atoms with Crippen LogP contribution in [-0.2, 0) is 21.0 Å². The largest absolute Gasteiger partial charge is 0.416 e. The van der Waals surface area contributed by atoms with Gasteiger partial charge in [0, 0.05) is 10.7 Å². The van der Waals surface area contributed by atoms with E-state index in [9.17, 15) is 26.4 Å². The van der Waals surface area contributed by atoms with Crippen LogP contribution in [0.2, 0.25) is 5.02 Å². The number of halogens is 4. The minimum absolute atomic E-state index is 0.0328. The van der Waals surface area contributed by atoms with Crippen molar-refractivity contribution in [2.45, 2.75) is 11.1 Å². The molecule has 1 aliphatic rings. The van der Waals surface area contributed by atoms with Gasteiger partial charge in [0.05, 0.1) is 36.6 Å². The molecule has 2 aromatic rings. The maximum atomic E-state index is 12.8. The highest BCUT2D eigenvalue weighted by Crippen LogP contribution is 2.30. The lowest BCUT2D eigenvalue weighted by Crippen LogP contribution is -3.15. The molecule has 0 unspecified atom stereocenters. The normalized spacial score (nSPS) is 16.4. The predicted molar refractivity (Wildman–Crippen MR) is 106 cm³/mol. The number of quaternary nitrogens is 1. The van der Waals surface area contributed by atoms with E-state index in [-0.39, 0.29) is 30.2 Å². The first-order valence-corrected chi connectivity index (χ1v) is 10.9. The first-order valence-electron chi connectivity index (χ1n) is 9.12. The summed E-state index contributed by atoms with van der Waals surface area (Å²) >= 11 is 5.80. The Bertz CT molecular complexity index is 1010. The molecule has 30 heavy (non-hydrogen) atoms. The molecule has 0 spiro atoms. The number of sulfonamides is 1. The summed E-state index contributed by atoms with van der Waals surface area (Å²) in [6.07, 6.45) is -4.49. The molecule has 0 aliphatic carbocycles. The number of piperazine rings is 1. The highest BCUT2D eigenvalue weighted by atomic mass is 35.5. The zero-order valence-electron chi connectivity index (χ0n) is 15.7. The fraction of sp³-hybridized carbons (Fsp3) is 0.316. The third kappa shape index (κ3) is 5.51. The van der Waals surface area contributed by atoms with Crippen LogP contribution in [0.4, 0.5) is 18.9 Å². The molecule has 3 rings (SSSR count). The van der Waals surface area contributed by atoms with Crippen LogP contribution in [0.25, 0.3) is 0 Å². The van der Waals surface area contributed by atoms with Crippen molar-refractivity contribution in [2.75, 3.05) is 38.0 Å². The van der Waals surface area contributed by atoms with Gasteiger partial charge in [0.1, 0.15) is 0 Å². The van der Waals surface area contributed by atoms with E-state index in [1.807, 2.05) is 0 Å². The van der Waals surface area contributed by atoms with Gasteiger partial charge < -0.3 is 10.2 Å². The van der Waals surface area contributed by atoms with Crippen LogP contribution in [0, 0.1) is 0 Å². The quantitative estimate of drug-likeness (QED) is 0.713. The molecule has 0 bridgehead atoms. The van der Waals surface area contributed by atoms with Crippen LogP contribution in [0.3, 0.4) is 0 Å². The fourth-order valence-electron chi connectivity index (χ4n) is 3.18. The zero-order valence-corrected chi connectivity index (χ0v) is 17.3. The van der Waals surface area contributed by atoms with E-state index in [4.69, 9.17) is 11.6 Å². The van der Waals surface area contributed by atoms with Crippen molar-refractivity contribution < 1.29 is 31.3 Å². The van der Waals surface area contributed by atoms with Crippen LogP contribution in [-0.4, -0.2) is 51.4 Å². The van der Waals surface area contributed by atoms with Gasteiger partial charge in [-0.25, -0.2) is 8.42 Å². The predicted octanol–water partition coefficient (Wildman–Crippen LogP) is 1.89. The Kier molecular flexibility index (Phi) is 6.71. The minimum Gasteiger partial charge on any atom is -0.325 e. The average Bonchev–Trinajstić information content (AvgIpc) is 2.68. The molecule has 162 valence electrons. The lowest BCUT2D eigenvalue weighted by molar-refractivity contribution is -0.895. The Balaban J connectivity index is 1.54. The molecule has 11 heteroatoms. The van der Waals surface area contributed by atoms with Crippen molar-refractivity contribution in [3.8, 4) is 0 Å². The number of anilines is 1. The molecule has 0 radical (unpaired) electrons. The molecule has 1 aliphatic heterocycles. The first-order chi connectivity index (χ1) is 14.1. The number of carbonyl (C=O) groups excluding carboxylic acids is 1. The average molecular weight is 463 g/mol. The van der Waals surface area contributed by atoms with E-state index < -0.39 is 27.7 Å². The van der Waals surface area contributed by atoms with Gasteiger partial charge in [-0.2, -0.15) is 17.5 Å². The molecular weight excluding hydrogens is 443 g/mol. The van der Waals surface area contributed by atoms with Gasteiger partial charge in [-0.15, -0.1) is 0 Å². The van der Waals surface area contributed by atoms with Crippen LogP contribution in [0.1, 0.15) is 5.56 Å². The van der Waals surface area contributed by atoms with E-state index in [2.05, 4.69) is 5.32 Å². The van der Waals surface area contributed by atoms with Gasteiger partial charge in [0.15, 0.2) is 6.54 Å². The Morgan fingerprint density at radius 3 is 2.33 bits per heavy atom. The van der Waals surface area contributed by atoms with Crippen LogP contribution >= 0.6 is 11.6 Å². The van der Waals surface area contributed by atoms with E-state index >= 15 is 0 Å². The van der Waals surface area contributed by atoms with Gasteiger partial charge in [-0.1, -0.05) is 17.7 Å². The van der Waals surface area contributed by atoms with Crippen molar-refractivity contribution in [3.05, 3.63) is 59.1 Å². The maximum Gasteiger partial charge on any atom is 0.416 e. The molecule has 6 nitrogen and oxygen atoms in total. The molecule has 1 amide bonds. The lowest BCUT2D eigenvalue weighted by atomic mass is 10.2. The van der Waals surface area contributed by atoms with Gasteiger partial charge in [-0.05, 0) is 42.5 Å². The van der Waals surface area contributed by atoms with Crippen LogP contribution in [0.5, 0.6) is 0 Å². The van der Waals surface area contributed by atoms with Crippen LogP contribution in [0.15, 0.2) is 53.4 Å². The van der Waals surface area contributed by atoms with Crippen molar-refractivity contribution >= 4 is 33.2 Å². The highest BCUT2D eigenvalue weighted by Gasteiger charge is 2.32. The Morgan fingerprint density at radius 1 is 1.10 bits per heavy atom. The molecule has 1 saturated heterocycles. The number of hydrogen-bond acceptors (Lipinski definition) is 3. The van der Waals surface area contributed by atoms with E-state index in [0.717, 1.165) is 17.0 Å². The number of alkyl halides is 3. The summed E-state index contributed by atoms with van der Waals surface area (Å²) in [7, 11) is -3.64. The number of nitrogens with one attached hydrogen (secondary N) is 2. The van der Waals surface area contributed by atoms with Crippen molar-refractivity contribution in [1.29, 1.82) is 0 Å². The second-order valence-electron chi connectivity index (χ2n) is 6.91. The van der Waals surface area contributed by atoms with Crippen LogP contribution < -0.4 is 10.2 Å².